The van der Waals surface area contributed by atoms with E-state index in [-0.39, 0.29) is 5.54 Å². The molecule has 0 fully saturated rings. The molecule has 0 spiro atoms. The summed E-state index contributed by atoms with van der Waals surface area (Å²) in [6, 6.07) is 72.1. The van der Waals surface area contributed by atoms with E-state index >= 15 is 0 Å². The standard InChI is InChI=1S/C59H41N3/c1-59(35-11-2-12-36-59)62-52-25-10-9-23-49(52)50-33-32-44(38-56(50)62)60(55-37-41-16-4-5-19-45(41)47-21-7-8-22-48(47)55)42-28-30-43(31-29-42)61-53-26-14-18-40-17-13-24-51(57(40)53)58-46-20-6-3-15-39(46)27-34-54(58)61/h2-35,37-38H,36H2,1H3. The molecular weight excluding hydrogens is 751 g/mol. The van der Waals surface area contributed by atoms with Gasteiger partial charge in [0.1, 0.15) is 0 Å². The summed E-state index contributed by atoms with van der Waals surface area (Å²) in [4.78, 5) is 4.95. The van der Waals surface area contributed by atoms with E-state index in [1.54, 1.807) is 0 Å². The minimum absolute atomic E-state index is 0.214. The summed E-state index contributed by atoms with van der Waals surface area (Å²) in [5, 5.41) is 12.5. The van der Waals surface area contributed by atoms with E-state index in [1.807, 2.05) is 0 Å². The lowest BCUT2D eigenvalue weighted by molar-refractivity contribution is 0.437. The van der Waals surface area contributed by atoms with Gasteiger partial charge in [0.15, 0.2) is 0 Å². The van der Waals surface area contributed by atoms with Gasteiger partial charge in [0.05, 0.1) is 28.1 Å². The van der Waals surface area contributed by atoms with E-state index in [9.17, 15) is 0 Å². The van der Waals surface area contributed by atoms with Gasteiger partial charge in [-0.05, 0) is 112 Å². The SMILES string of the molecule is CC1(n2c3ccccc3c3ccc(N(c4ccc(N5c6ccc7ccccc7c6-c6cccc7cccc5c67)cc4)c4cc5ccccc5c5ccccc45)cc32)C=CC=CC1. The number of hydrogen-bond donors (Lipinski definition) is 0. The van der Waals surface area contributed by atoms with Crippen molar-refractivity contribution in [2.75, 3.05) is 9.80 Å². The van der Waals surface area contributed by atoms with Crippen LogP contribution in [0.4, 0.5) is 34.1 Å². The summed E-state index contributed by atoms with van der Waals surface area (Å²) in [6.07, 6.45) is 9.95. The lowest BCUT2D eigenvalue weighted by Crippen LogP contribution is -2.27. The Hall–Kier alpha value is -7.88. The van der Waals surface area contributed by atoms with Crippen LogP contribution in [0.25, 0.3) is 76.0 Å². The van der Waals surface area contributed by atoms with E-state index in [4.69, 9.17) is 0 Å². The first kappa shape index (κ1) is 34.9. The maximum absolute atomic E-state index is 2.57. The highest BCUT2D eigenvalue weighted by Crippen LogP contribution is 2.54. The summed E-state index contributed by atoms with van der Waals surface area (Å²) in [5.74, 6) is 0. The topological polar surface area (TPSA) is 11.4 Å². The predicted octanol–water partition coefficient (Wildman–Crippen LogP) is 16.6. The number of rotatable bonds is 5. The van der Waals surface area contributed by atoms with Crippen LogP contribution < -0.4 is 9.80 Å². The summed E-state index contributed by atoms with van der Waals surface area (Å²) in [7, 11) is 0. The highest BCUT2D eigenvalue weighted by molar-refractivity contribution is 6.20. The molecule has 0 radical (unpaired) electrons. The number of fused-ring (bicyclic) bond motifs is 10. The second-order valence-electron chi connectivity index (χ2n) is 17.1. The first-order chi connectivity index (χ1) is 30.6. The lowest BCUT2D eigenvalue weighted by atomic mass is 9.87. The van der Waals surface area contributed by atoms with Crippen molar-refractivity contribution in [1.29, 1.82) is 0 Å². The molecule has 13 rings (SSSR count). The normalized spacial score (nSPS) is 15.7. The summed E-state index contributed by atoms with van der Waals surface area (Å²) in [5.41, 5.74) is 11.7. The molecule has 62 heavy (non-hydrogen) atoms. The highest BCUT2D eigenvalue weighted by atomic mass is 15.2. The van der Waals surface area contributed by atoms with Crippen LogP contribution in [0.3, 0.4) is 0 Å². The Balaban J connectivity index is 1.05. The molecule has 1 aliphatic carbocycles. The van der Waals surface area contributed by atoms with Gasteiger partial charge in [-0.1, -0.05) is 158 Å². The average molecular weight is 792 g/mol. The van der Waals surface area contributed by atoms with Crippen molar-refractivity contribution < 1.29 is 0 Å². The molecule has 0 bridgehead atoms. The zero-order valence-corrected chi connectivity index (χ0v) is 34.3. The fourth-order valence-corrected chi connectivity index (χ4v) is 10.8. The number of nitrogens with zero attached hydrogens (tertiary/aromatic N) is 3. The van der Waals surface area contributed by atoms with Crippen LogP contribution in [-0.4, -0.2) is 4.57 Å². The van der Waals surface area contributed by atoms with Gasteiger partial charge < -0.3 is 14.4 Å². The van der Waals surface area contributed by atoms with Crippen molar-refractivity contribution in [2.45, 2.75) is 18.9 Å². The maximum Gasteiger partial charge on any atom is 0.0643 e. The molecule has 10 aromatic carbocycles. The first-order valence-electron chi connectivity index (χ1n) is 21.7. The molecule has 0 N–H and O–H groups in total. The fraction of sp³-hybridized carbons (Fsp3) is 0.0508. The number of aromatic nitrogens is 1. The summed E-state index contributed by atoms with van der Waals surface area (Å²) < 4.78 is 2.57. The molecule has 0 amide bonds. The molecule has 2 heterocycles. The summed E-state index contributed by atoms with van der Waals surface area (Å²) >= 11 is 0. The quantitative estimate of drug-likeness (QED) is 0.161. The number of benzene rings is 10. The Morgan fingerprint density at radius 3 is 1.97 bits per heavy atom. The van der Waals surface area contributed by atoms with Crippen molar-refractivity contribution in [3.05, 3.63) is 218 Å². The molecule has 1 aliphatic heterocycles. The zero-order valence-electron chi connectivity index (χ0n) is 34.3. The molecule has 1 unspecified atom stereocenters. The molecule has 1 atom stereocenters. The smallest absolute Gasteiger partial charge is 0.0643 e. The van der Waals surface area contributed by atoms with Gasteiger partial charge in [0, 0.05) is 49.7 Å². The van der Waals surface area contributed by atoms with Crippen LogP contribution in [0.2, 0.25) is 0 Å². The van der Waals surface area contributed by atoms with Gasteiger partial charge in [-0.3, -0.25) is 0 Å². The van der Waals surface area contributed by atoms with E-state index in [1.165, 1.54) is 87.4 Å². The van der Waals surface area contributed by atoms with Crippen molar-refractivity contribution in [1.82, 2.24) is 4.57 Å². The Kier molecular flexibility index (Phi) is 7.50. The highest BCUT2D eigenvalue weighted by Gasteiger charge is 2.30. The molecule has 292 valence electrons. The number of para-hydroxylation sites is 1. The molecule has 11 aromatic rings. The predicted molar refractivity (Wildman–Crippen MR) is 264 cm³/mol. The van der Waals surface area contributed by atoms with Crippen molar-refractivity contribution >= 4 is 99.0 Å². The molecule has 2 aliphatic rings. The van der Waals surface area contributed by atoms with E-state index in [0.717, 1.165) is 29.2 Å². The van der Waals surface area contributed by atoms with Crippen LogP contribution in [0, 0.1) is 0 Å². The van der Waals surface area contributed by atoms with Gasteiger partial charge in [-0.15, -0.1) is 0 Å². The first-order valence-corrected chi connectivity index (χ1v) is 21.7. The third-order valence-corrected chi connectivity index (χ3v) is 13.6. The molecule has 3 nitrogen and oxygen atoms in total. The Labute approximate surface area is 360 Å². The van der Waals surface area contributed by atoms with Crippen LogP contribution in [0.5, 0.6) is 0 Å². The molecule has 3 heteroatoms. The largest absolute Gasteiger partial charge is 0.331 e. The van der Waals surface area contributed by atoms with Crippen LogP contribution in [0.1, 0.15) is 13.3 Å². The maximum atomic E-state index is 2.57. The van der Waals surface area contributed by atoms with Crippen molar-refractivity contribution in [3.63, 3.8) is 0 Å². The van der Waals surface area contributed by atoms with Crippen LogP contribution >= 0.6 is 0 Å². The van der Waals surface area contributed by atoms with Gasteiger partial charge >= 0.3 is 0 Å². The minimum atomic E-state index is -0.214. The summed E-state index contributed by atoms with van der Waals surface area (Å²) in [6.45, 7) is 2.36. The lowest BCUT2D eigenvalue weighted by Gasteiger charge is -2.35. The minimum Gasteiger partial charge on any atom is -0.331 e. The Morgan fingerprint density at radius 2 is 1.15 bits per heavy atom. The third kappa shape index (κ3) is 5.06. The van der Waals surface area contributed by atoms with Gasteiger partial charge in [0.2, 0.25) is 0 Å². The van der Waals surface area contributed by atoms with Gasteiger partial charge in [0.25, 0.3) is 0 Å². The van der Waals surface area contributed by atoms with E-state index in [2.05, 4.69) is 240 Å². The van der Waals surface area contributed by atoms with Gasteiger partial charge in [-0.2, -0.15) is 0 Å². The van der Waals surface area contributed by atoms with Gasteiger partial charge in [-0.25, -0.2) is 0 Å². The number of anilines is 6. The van der Waals surface area contributed by atoms with Crippen LogP contribution in [0.15, 0.2) is 218 Å². The third-order valence-electron chi connectivity index (χ3n) is 13.6. The second kappa shape index (κ2) is 13.3. The molecule has 0 saturated carbocycles. The van der Waals surface area contributed by atoms with Crippen LogP contribution in [-0.2, 0) is 5.54 Å². The Bertz CT molecular complexity index is 3700. The van der Waals surface area contributed by atoms with Crippen molar-refractivity contribution in [3.8, 4) is 11.1 Å². The van der Waals surface area contributed by atoms with E-state index in [0.29, 0.717) is 0 Å². The number of hydrogen-bond acceptors (Lipinski definition) is 2. The molecular formula is C59H41N3. The zero-order chi connectivity index (χ0) is 40.9. The van der Waals surface area contributed by atoms with Crippen molar-refractivity contribution in [2.24, 2.45) is 0 Å². The molecule has 1 aromatic heterocycles. The average Bonchev–Trinajstić information content (AvgIpc) is 3.67. The second-order valence-corrected chi connectivity index (χ2v) is 17.1. The number of allylic oxidation sites excluding steroid dienone is 4. The fourth-order valence-electron chi connectivity index (χ4n) is 10.8. The molecule has 0 saturated heterocycles. The monoisotopic (exact) mass is 791 g/mol. The Morgan fingerprint density at radius 1 is 0.468 bits per heavy atom. The van der Waals surface area contributed by atoms with E-state index < -0.39 is 0 Å².